The number of methoxy groups -OCH3 is 2. The summed E-state index contributed by atoms with van der Waals surface area (Å²) < 4.78 is 10.2. The van der Waals surface area contributed by atoms with Gasteiger partial charge in [-0.05, 0) is 18.2 Å². The molecule has 0 aromatic heterocycles. The molecule has 7 nitrogen and oxygen atoms in total. The number of allylic oxidation sites excluding steroid dienone is 1. The van der Waals surface area contributed by atoms with E-state index in [2.05, 4.69) is 5.32 Å². The smallest absolute Gasteiger partial charge is 0.273 e. The second kappa shape index (κ2) is 7.77. The number of hydrogen-bond acceptors (Lipinski definition) is 6. The van der Waals surface area contributed by atoms with Crippen molar-refractivity contribution in [3.8, 4) is 11.5 Å². The molecule has 0 aliphatic rings. The van der Waals surface area contributed by atoms with Crippen LogP contribution in [0.25, 0.3) is 0 Å². The third kappa shape index (κ3) is 4.10. The Morgan fingerprint density at radius 3 is 2.62 bits per heavy atom. The predicted molar refractivity (Wildman–Crippen MR) is 89.7 cm³/mol. The molecule has 0 saturated carbocycles. The van der Waals surface area contributed by atoms with Crippen molar-refractivity contribution in [2.75, 3.05) is 19.5 Å². The molecule has 0 aliphatic carbocycles. The number of nitrogens with one attached hydrogen (secondary N) is 1. The Bertz CT molecular complexity index is 786. The summed E-state index contributed by atoms with van der Waals surface area (Å²) in [5, 5.41) is 13.6. The van der Waals surface area contributed by atoms with Gasteiger partial charge in [-0.25, -0.2) is 0 Å². The van der Waals surface area contributed by atoms with E-state index >= 15 is 0 Å². The lowest BCUT2D eigenvalue weighted by Gasteiger charge is -2.07. The molecule has 0 amide bonds. The summed E-state index contributed by atoms with van der Waals surface area (Å²) >= 11 is 0. The van der Waals surface area contributed by atoms with Gasteiger partial charge in [0.1, 0.15) is 11.5 Å². The number of anilines is 1. The molecule has 124 valence electrons. The van der Waals surface area contributed by atoms with E-state index in [0.29, 0.717) is 22.7 Å². The third-order valence-electron chi connectivity index (χ3n) is 3.22. The minimum absolute atomic E-state index is 0.0752. The first-order valence-electron chi connectivity index (χ1n) is 6.99. The number of benzene rings is 2. The molecule has 0 saturated heterocycles. The van der Waals surface area contributed by atoms with Crippen LogP contribution in [-0.2, 0) is 0 Å². The van der Waals surface area contributed by atoms with Crippen molar-refractivity contribution in [3.05, 3.63) is 70.4 Å². The number of nitro benzene ring substituents is 1. The molecule has 2 rings (SSSR count). The van der Waals surface area contributed by atoms with Gasteiger partial charge in [0.05, 0.1) is 30.9 Å². The minimum atomic E-state index is -0.506. The number of nitrogens with zero attached hydrogens (tertiary/aromatic N) is 1. The van der Waals surface area contributed by atoms with Gasteiger partial charge < -0.3 is 14.8 Å². The van der Waals surface area contributed by atoms with Crippen LogP contribution >= 0.6 is 0 Å². The molecule has 0 atom stereocenters. The molecular formula is C17H16N2O5. The highest BCUT2D eigenvalue weighted by atomic mass is 16.6. The Balaban J connectivity index is 2.10. The molecule has 7 heteroatoms. The van der Waals surface area contributed by atoms with E-state index in [1.807, 2.05) is 0 Å². The van der Waals surface area contributed by atoms with Gasteiger partial charge in [-0.2, -0.15) is 0 Å². The molecule has 0 bridgehead atoms. The average Bonchev–Trinajstić information content (AvgIpc) is 2.61. The number of hydrogen-bond donors (Lipinski definition) is 1. The van der Waals surface area contributed by atoms with Crippen LogP contribution in [0.4, 0.5) is 11.4 Å². The van der Waals surface area contributed by atoms with Crippen LogP contribution in [0.3, 0.4) is 0 Å². The number of ketones is 1. The van der Waals surface area contributed by atoms with E-state index in [1.165, 1.54) is 44.7 Å². The molecule has 0 fully saturated rings. The van der Waals surface area contributed by atoms with E-state index in [4.69, 9.17) is 9.47 Å². The van der Waals surface area contributed by atoms with Gasteiger partial charge in [0.2, 0.25) is 0 Å². The minimum Gasteiger partial charge on any atom is -0.497 e. The Hall–Kier alpha value is -3.35. The molecular weight excluding hydrogens is 312 g/mol. The van der Waals surface area contributed by atoms with Crippen molar-refractivity contribution >= 4 is 17.2 Å². The van der Waals surface area contributed by atoms with Crippen molar-refractivity contribution in [1.29, 1.82) is 0 Å². The standard InChI is InChI=1S/C17H16N2O5/c1-23-14-5-3-4-12(10-14)16(20)8-9-18-15-7-6-13(19(21)22)11-17(15)24-2/h3-11,18H,1-2H3. The normalized spacial score (nSPS) is 10.4. The lowest BCUT2D eigenvalue weighted by Crippen LogP contribution is -1.98. The number of non-ortho nitro benzene ring substituents is 1. The first kappa shape index (κ1) is 17.0. The van der Waals surface area contributed by atoms with Gasteiger partial charge in [-0.1, -0.05) is 12.1 Å². The molecule has 0 aliphatic heterocycles. The summed E-state index contributed by atoms with van der Waals surface area (Å²) in [4.78, 5) is 22.3. The lowest BCUT2D eigenvalue weighted by molar-refractivity contribution is -0.384. The van der Waals surface area contributed by atoms with Crippen molar-refractivity contribution in [2.24, 2.45) is 0 Å². The van der Waals surface area contributed by atoms with Gasteiger partial charge >= 0.3 is 0 Å². The fraction of sp³-hybridized carbons (Fsp3) is 0.118. The number of carbonyl (C=O) groups is 1. The highest BCUT2D eigenvalue weighted by molar-refractivity contribution is 6.04. The molecule has 0 spiro atoms. The number of rotatable bonds is 7. The van der Waals surface area contributed by atoms with Crippen LogP contribution in [0.5, 0.6) is 11.5 Å². The van der Waals surface area contributed by atoms with Gasteiger partial charge in [-0.15, -0.1) is 0 Å². The Labute approximate surface area is 138 Å². The maximum atomic E-state index is 12.1. The Morgan fingerprint density at radius 2 is 1.96 bits per heavy atom. The fourth-order valence-corrected chi connectivity index (χ4v) is 1.99. The third-order valence-corrected chi connectivity index (χ3v) is 3.22. The van der Waals surface area contributed by atoms with Crippen molar-refractivity contribution in [1.82, 2.24) is 0 Å². The van der Waals surface area contributed by atoms with Gasteiger partial charge in [0.15, 0.2) is 5.78 Å². The number of nitro groups is 1. The van der Waals surface area contributed by atoms with E-state index in [-0.39, 0.29) is 11.5 Å². The molecule has 24 heavy (non-hydrogen) atoms. The maximum Gasteiger partial charge on any atom is 0.273 e. The predicted octanol–water partition coefficient (Wildman–Crippen LogP) is 3.42. The second-order valence-corrected chi connectivity index (χ2v) is 4.72. The van der Waals surface area contributed by atoms with Gasteiger partial charge in [-0.3, -0.25) is 14.9 Å². The largest absolute Gasteiger partial charge is 0.497 e. The molecule has 0 radical (unpaired) electrons. The monoisotopic (exact) mass is 328 g/mol. The number of ether oxygens (including phenoxy) is 2. The zero-order valence-corrected chi connectivity index (χ0v) is 13.2. The van der Waals surface area contributed by atoms with Gasteiger partial charge in [0.25, 0.3) is 5.69 Å². The zero-order chi connectivity index (χ0) is 17.5. The molecule has 0 unspecified atom stereocenters. The van der Waals surface area contributed by atoms with Crippen LogP contribution in [0.1, 0.15) is 10.4 Å². The maximum absolute atomic E-state index is 12.1. The van der Waals surface area contributed by atoms with E-state index in [9.17, 15) is 14.9 Å². The topological polar surface area (TPSA) is 90.7 Å². The molecule has 0 heterocycles. The van der Waals surface area contributed by atoms with E-state index in [1.54, 1.807) is 24.3 Å². The summed E-state index contributed by atoms with van der Waals surface area (Å²) in [5.41, 5.74) is 0.926. The van der Waals surface area contributed by atoms with Gasteiger partial charge in [0, 0.05) is 23.9 Å². The highest BCUT2D eigenvalue weighted by Gasteiger charge is 2.10. The first-order valence-corrected chi connectivity index (χ1v) is 6.99. The SMILES string of the molecule is COc1cccc(C(=O)C=CNc2ccc([N+](=O)[O-])cc2OC)c1. The average molecular weight is 328 g/mol. The van der Waals surface area contributed by atoms with Crippen molar-refractivity contribution < 1.29 is 19.2 Å². The molecule has 2 aromatic carbocycles. The van der Waals surface area contributed by atoms with Crippen LogP contribution in [0, 0.1) is 10.1 Å². The quantitative estimate of drug-likeness (QED) is 0.362. The molecule has 2 aromatic rings. The molecule has 1 N–H and O–H groups in total. The summed E-state index contributed by atoms with van der Waals surface area (Å²) in [6, 6.07) is 11.0. The van der Waals surface area contributed by atoms with Crippen LogP contribution in [0.15, 0.2) is 54.7 Å². The zero-order valence-electron chi connectivity index (χ0n) is 13.2. The van der Waals surface area contributed by atoms with Crippen molar-refractivity contribution in [3.63, 3.8) is 0 Å². The lowest BCUT2D eigenvalue weighted by atomic mass is 10.1. The summed E-state index contributed by atoms with van der Waals surface area (Å²) in [7, 11) is 2.94. The summed E-state index contributed by atoms with van der Waals surface area (Å²) in [6.45, 7) is 0. The second-order valence-electron chi connectivity index (χ2n) is 4.72. The van der Waals surface area contributed by atoms with Crippen LogP contribution in [0.2, 0.25) is 0 Å². The summed E-state index contributed by atoms with van der Waals surface area (Å²) in [5.74, 6) is 0.698. The van der Waals surface area contributed by atoms with Crippen LogP contribution in [-0.4, -0.2) is 24.9 Å². The first-order chi connectivity index (χ1) is 11.5. The Kier molecular flexibility index (Phi) is 5.51. The van der Waals surface area contributed by atoms with E-state index < -0.39 is 4.92 Å². The Morgan fingerprint density at radius 1 is 1.17 bits per heavy atom. The van der Waals surface area contributed by atoms with E-state index in [0.717, 1.165) is 0 Å². The summed E-state index contributed by atoms with van der Waals surface area (Å²) in [6.07, 6.45) is 2.81. The fourth-order valence-electron chi connectivity index (χ4n) is 1.99. The van der Waals surface area contributed by atoms with Crippen molar-refractivity contribution in [2.45, 2.75) is 0 Å². The van der Waals surface area contributed by atoms with Crippen LogP contribution < -0.4 is 14.8 Å². The highest BCUT2D eigenvalue weighted by Crippen LogP contribution is 2.28. The number of carbonyl (C=O) groups excluding carboxylic acids is 1.